The van der Waals surface area contributed by atoms with Crippen LogP contribution < -0.4 is 0 Å². The number of unbranched alkanes of at least 4 members (excludes halogenated alkanes) is 3. The van der Waals surface area contributed by atoms with Gasteiger partial charge < -0.3 is 9.84 Å². The van der Waals surface area contributed by atoms with Crippen molar-refractivity contribution in [1.29, 1.82) is 0 Å². The molecule has 171 valence electrons. The van der Waals surface area contributed by atoms with E-state index in [9.17, 15) is 18.3 Å². The summed E-state index contributed by atoms with van der Waals surface area (Å²) in [5.74, 6) is -0.176. The molecule has 0 aliphatic heterocycles. The number of ether oxygens (including phenoxy) is 1. The van der Waals surface area contributed by atoms with Crippen molar-refractivity contribution in [3.63, 3.8) is 0 Å². The molecule has 0 bridgehead atoms. The van der Waals surface area contributed by atoms with Crippen LogP contribution in [0.2, 0.25) is 0 Å². The van der Waals surface area contributed by atoms with Gasteiger partial charge in [0.15, 0.2) is 0 Å². The summed E-state index contributed by atoms with van der Waals surface area (Å²) in [5.41, 5.74) is 3.73. The Hall–Kier alpha value is -1.22. The molecule has 0 heterocycles. The monoisotopic (exact) mass is 470 g/mol. The van der Waals surface area contributed by atoms with E-state index in [1.54, 1.807) is 6.92 Å². The van der Waals surface area contributed by atoms with E-state index in [1.807, 2.05) is 48.5 Å². The normalized spacial score (nSPS) is 11.2. The smallest absolute Gasteiger partial charge is 0.305 e. The van der Waals surface area contributed by atoms with Crippen molar-refractivity contribution in [2.45, 2.75) is 52.2 Å². The van der Waals surface area contributed by atoms with Crippen molar-refractivity contribution in [3.05, 3.63) is 59.7 Å². The van der Waals surface area contributed by atoms with Crippen molar-refractivity contribution in [3.8, 4) is 11.1 Å². The largest absolute Gasteiger partial charge is 0.466 e. The summed E-state index contributed by atoms with van der Waals surface area (Å²) in [4.78, 5) is 11.3. The Morgan fingerprint density at radius 3 is 2.28 bits per heavy atom. The van der Waals surface area contributed by atoms with Gasteiger partial charge in [0, 0.05) is 49.1 Å². The van der Waals surface area contributed by atoms with Crippen LogP contribution in [0.5, 0.6) is 0 Å². The summed E-state index contributed by atoms with van der Waals surface area (Å²) in [5, 5.41) is 9.53. The second kappa shape index (κ2) is 14.8. The first-order valence-electron chi connectivity index (χ1n) is 10.7. The molecule has 0 fully saturated rings. The number of esters is 1. The Morgan fingerprint density at radius 2 is 1.66 bits per heavy atom. The number of sulfonamides is 1. The minimum Gasteiger partial charge on any atom is -0.466 e. The summed E-state index contributed by atoms with van der Waals surface area (Å²) < 4.78 is 30.9. The Kier molecular flexibility index (Phi) is 13.4. The molecule has 2 aromatic rings. The summed E-state index contributed by atoms with van der Waals surface area (Å²) in [6.07, 6.45) is 4.89. The van der Waals surface area contributed by atoms with E-state index in [0.717, 1.165) is 47.9 Å². The minimum absolute atomic E-state index is 0. The fraction of sp³-hybridized carbons (Fsp3) is 0.458. The Morgan fingerprint density at radius 1 is 1.00 bits per heavy atom. The van der Waals surface area contributed by atoms with Crippen LogP contribution in [0.15, 0.2) is 48.5 Å². The van der Waals surface area contributed by atoms with E-state index in [2.05, 4.69) is 0 Å². The van der Waals surface area contributed by atoms with Crippen LogP contribution in [0, 0.1) is 0 Å². The first-order chi connectivity index (χ1) is 14.8. The van der Waals surface area contributed by atoms with Gasteiger partial charge in [-0.3, -0.25) is 4.79 Å². The van der Waals surface area contributed by atoms with Gasteiger partial charge in [0.25, 0.3) is 0 Å². The number of hydrogen-bond donors (Lipinski definition) is 1. The first-order valence-corrected chi connectivity index (χ1v) is 12.6. The van der Waals surface area contributed by atoms with Gasteiger partial charge in [0.1, 0.15) is 0 Å². The minimum atomic E-state index is -3.32. The molecule has 0 aromatic heterocycles. The van der Waals surface area contributed by atoms with Crippen LogP contribution in [0.25, 0.3) is 11.1 Å². The maximum Gasteiger partial charge on any atom is 0.305 e. The molecule has 1 N–H and O–H groups in total. The summed E-state index contributed by atoms with van der Waals surface area (Å²) in [6.45, 7) is 2.94. The van der Waals surface area contributed by atoms with Gasteiger partial charge in [-0.15, -0.1) is 0 Å². The van der Waals surface area contributed by atoms with Gasteiger partial charge >= 0.3 is 5.97 Å². The predicted molar refractivity (Wildman–Crippen MR) is 129 cm³/mol. The second-order valence-corrected chi connectivity index (χ2v) is 9.56. The van der Waals surface area contributed by atoms with Gasteiger partial charge in [0.05, 0.1) is 19.5 Å². The molecule has 2 rings (SSSR count). The van der Waals surface area contributed by atoms with E-state index in [1.165, 1.54) is 10.6 Å². The molecular formula is C24H33NNaO5S. The molecule has 0 saturated heterocycles. The number of aliphatic hydroxyl groups excluding tert-OH is 1. The molecule has 32 heavy (non-hydrogen) atoms. The van der Waals surface area contributed by atoms with Gasteiger partial charge in [-0.2, -0.15) is 4.31 Å². The molecule has 0 aliphatic rings. The topological polar surface area (TPSA) is 83.9 Å². The maximum absolute atomic E-state index is 12.2. The molecule has 8 heteroatoms. The summed E-state index contributed by atoms with van der Waals surface area (Å²) >= 11 is 0. The number of carbonyl (C=O) groups is 1. The van der Waals surface area contributed by atoms with Crippen LogP contribution in [0.3, 0.4) is 0 Å². The quantitative estimate of drug-likeness (QED) is 0.274. The zero-order valence-corrected chi connectivity index (χ0v) is 22.2. The average Bonchev–Trinajstić information content (AvgIpc) is 2.75. The van der Waals surface area contributed by atoms with E-state index < -0.39 is 10.0 Å². The molecule has 0 unspecified atom stereocenters. The fourth-order valence-corrected chi connectivity index (χ4v) is 4.28. The zero-order chi connectivity index (χ0) is 22.7. The molecule has 0 saturated carbocycles. The molecule has 1 radical (unpaired) electrons. The number of carbonyl (C=O) groups excluding carboxylic acids is 1. The van der Waals surface area contributed by atoms with Crippen LogP contribution in [0.1, 0.15) is 50.2 Å². The number of aliphatic hydroxyl groups is 1. The Bertz CT molecular complexity index is 932. The molecule has 0 amide bonds. The standard InChI is InChI=1S/C24H33NO5S.Na/c1-3-30-24(27)12-6-4-5-9-17-25(31(2,28)29)18-20-13-15-21(16-14-20)23-11-8-7-10-22(23)19-26;/h7-8,10-11,13-16,26H,3-6,9,12,17-19H2,1-2H3;. The van der Waals surface area contributed by atoms with Crippen LogP contribution in [0.4, 0.5) is 0 Å². The third kappa shape index (κ3) is 9.73. The zero-order valence-electron chi connectivity index (χ0n) is 19.4. The van der Waals surface area contributed by atoms with Crippen LogP contribution >= 0.6 is 0 Å². The molecule has 0 atom stereocenters. The molecule has 0 spiro atoms. The van der Waals surface area contributed by atoms with Gasteiger partial charge in [-0.25, -0.2) is 8.42 Å². The van der Waals surface area contributed by atoms with Gasteiger partial charge in [0.2, 0.25) is 10.0 Å². The van der Waals surface area contributed by atoms with Crippen molar-refractivity contribution in [2.24, 2.45) is 0 Å². The first kappa shape index (κ1) is 28.8. The molecule has 0 aliphatic carbocycles. The third-order valence-corrected chi connectivity index (χ3v) is 6.37. The number of benzene rings is 2. The van der Waals surface area contributed by atoms with Gasteiger partial charge in [-0.05, 0) is 42.0 Å². The SMILES string of the molecule is CCOC(=O)CCCCCCN(Cc1ccc(-c2ccccc2CO)cc1)S(C)(=O)=O.[Na]. The second-order valence-electron chi connectivity index (χ2n) is 7.58. The third-order valence-electron chi connectivity index (χ3n) is 5.12. The summed E-state index contributed by atoms with van der Waals surface area (Å²) in [6, 6.07) is 15.5. The van der Waals surface area contributed by atoms with Crippen molar-refractivity contribution >= 4 is 45.5 Å². The van der Waals surface area contributed by atoms with Crippen molar-refractivity contribution < 1.29 is 23.1 Å². The van der Waals surface area contributed by atoms with E-state index in [0.29, 0.717) is 26.1 Å². The van der Waals surface area contributed by atoms with Gasteiger partial charge in [-0.1, -0.05) is 61.4 Å². The maximum atomic E-state index is 12.2. The number of hydrogen-bond acceptors (Lipinski definition) is 5. The van der Waals surface area contributed by atoms with E-state index >= 15 is 0 Å². The molecular weight excluding hydrogens is 437 g/mol. The molecule has 6 nitrogen and oxygen atoms in total. The van der Waals surface area contributed by atoms with Crippen LogP contribution in [-0.4, -0.2) is 72.8 Å². The van der Waals surface area contributed by atoms with Crippen molar-refractivity contribution in [1.82, 2.24) is 4.31 Å². The molecule has 2 aromatic carbocycles. The number of rotatable bonds is 13. The number of nitrogens with zero attached hydrogens (tertiary/aromatic N) is 1. The van der Waals surface area contributed by atoms with E-state index in [-0.39, 0.29) is 42.1 Å². The Labute approximate surface area is 214 Å². The summed E-state index contributed by atoms with van der Waals surface area (Å²) in [7, 11) is -3.32. The van der Waals surface area contributed by atoms with E-state index in [4.69, 9.17) is 4.74 Å². The predicted octanol–water partition coefficient (Wildman–Crippen LogP) is 3.74. The average molecular weight is 471 g/mol. The fourth-order valence-electron chi connectivity index (χ4n) is 3.44. The van der Waals surface area contributed by atoms with Crippen LogP contribution in [-0.2, 0) is 32.7 Å². The van der Waals surface area contributed by atoms with Crippen molar-refractivity contribution in [2.75, 3.05) is 19.4 Å². The Balaban J connectivity index is 0.00000512.